The summed E-state index contributed by atoms with van der Waals surface area (Å²) in [7, 11) is -1.11. The number of benzene rings is 1. The molecule has 2 aromatic rings. The smallest absolute Gasteiger partial charge is 0.408 e. The molecule has 0 bridgehead atoms. The zero-order chi connectivity index (χ0) is 15.5. The molecule has 0 N–H and O–H groups in total. The first-order valence-corrected chi connectivity index (χ1v) is 9.25. The lowest BCUT2D eigenvalue weighted by Gasteiger charge is -2.16. The van der Waals surface area contributed by atoms with Crippen molar-refractivity contribution in [3.63, 3.8) is 0 Å². The van der Waals surface area contributed by atoms with Crippen LogP contribution >= 0.6 is 0 Å². The molecule has 2 fully saturated rings. The highest BCUT2D eigenvalue weighted by Gasteiger charge is 2.43. The first kappa shape index (κ1) is 14.0. The number of hydrogen-bond acceptors (Lipinski definition) is 5. The number of sulfone groups is 1. The van der Waals surface area contributed by atoms with Crippen LogP contribution in [0.3, 0.4) is 0 Å². The van der Waals surface area contributed by atoms with Gasteiger partial charge in [0.2, 0.25) is 0 Å². The number of aryl methyl sites for hydroxylation is 1. The predicted octanol–water partition coefficient (Wildman–Crippen LogP) is 0.608. The average molecular weight is 322 g/mol. The molecule has 6 nitrogen and oxygen atoms in total. The van der Waals surface area contributed by atoms with Gasteiger partial charge in [-0.25, -0.2) is 13.2 Å². The molecule has 0 spiro atoms. The molecule has 2 aliphatic heterocycles. The second kappa shape index (κ2) is 4.70. The molecular formula is C15H18N2O4S. The number of nitrogens with zero attached hydrogens (tertiary/aromatic N) is 2. The third-order valence-electron chi connectivity index (χ3n) is 4.85. The Kier molecular flexibility index (Phi) is 2.99. The van der Waals surface area contributed by atoms with Gasteiger partial charge in [0.15, 0.2) is 15.4 Å². The van der Waals surface area contributed by atoms with Crippen LogP contribution in [0, 0.1) is 11.8 Å². The van der Waals surface area contributed by atoms with Gasteiger partial charge in [0.25, 0.3) is 0 Å². The maximum atomic E-state index is 11.6. The van der Waals surface area contributed by atoms with Crippen molar-refractivity contribution < 1.29 is 12.8 Å². The Hall–Kier alpha value is -1.60. The topological polar surface area (TPSA) is 72.5 Å². The summed E-state index contributed by atoms with van der Waals surface area (Å²) in [6.45, 7) is 2.46. The van der Waals surface area contributed by atoms with E-state index in [4.69, 9.17) is 4.42 Å². The van der Waals surface area contributed by atoms with Gasteiger partial charge < -0.3 is 4.42 Å². The molecule has 0 unspecified atom stereocenters. The number of aromatic nitrogens is 1. The summed E-state index contributed by atoms with van der Waals surface area (Å²) < 4.78 is 29.9. The van der Waals surface area contributed by atoms with Crippen LogP contribution in [0.5, 0.6) is 0 Å². The van der Waals surface area contributed by atoms with Gasteiger partial charge >= 0.3 is 5.76 Å². The molecule has 0 amide bonds. The Bertz CT molecular complexity index is 876. The summed E-state index contributed by atoms with van der Waals surface area (Å²) in [6.07, 6.45) is 0. The van der Waals surface area contributed by atoms with Gasteiger partial charge in [-0.2, -0.15) is 0 Å². The molecule has 0 saturated carbocycles. The van der Waals surface area contributed by atoms with Crippen LogP contribution in [0.2, 0.25) is 0 Å². The quantitative estimate of drug-likeness (QED) is 0.810. The minimum Gasteiger partial charge on any atom is -0.408 e. The lowest BCUT2D eigenvalue weighted by Crippen LogP contribution is -2.23. The van der Waals surface area contributed by atoms with E-state index in [0.29, 0.717) is 17.1 Å². The highest BCUT2D eigenvalue weighted by Crippen LogP contribution is 2.33. The third kappa shape index (κ3) is 2.28. The van der Waals surface area contributed by atoms with Crippen LogP contribution in [0.15, 0.2) is 27.4 Å². The molecule has 22 heavy (non-hydrogen) atoms. The van der Waals surface area contributed by atoms with Crippen LogP contribution in [0.25, 0.3) is 11.1 Å². The van der Waals surface area contributed by atoms with Crippen molar-refractivity contribution >= 4 is 20.9 Å². The van der Waals surface area contributed by atoms with E-state index in [1.807, 2.05) is 18.2 Å². The van der Waals surface area contributed by atoms with E-state index >= 15 is 0 Å². The lowest BCUT2D eigenvalue weighted by molar-refractivity contribution is 0.315. The number of hydrogen-bond donors (Lipinski definition) is 0. The van der Waals surface area contributed by atoms with Gasteiger partial charge in [0.1, 0.15) is 0 Å². The molecule has 2 atom stereocenters. The molecule has 118 valence electrons. The highest BCUT2D eigenvalue weighted by atomic mass is 32.2. The Morgan fingerprint density at radius 2 is 1.91 bits per heavy atom. The molecule has 2 aliphatic rings. The Labute approximate surface area is 128 Å². The fourth-order valence-corrected chi connectivity index (χ4v) is 5.99. The van der Waals surface area contributed by atoms with Crippen LogP contribution in [-0.2, 0) is 23.4 Å². The minimum absolute atomic E-state index is 0.284. The van der Waals surface area contributed by atoms with Gasteiger partial charge in [-0.3, -0.25) is 9.47 Å². The van der Waals surface area contributed by atoms with Crippen LogP contribution in [-0.4, -0.2) is 42.5 Å². The molecular weight excluding hydrogens is 304 g/mol. The third-order valence-corrected chi connectivity index (χ3v) is 6.72. The summed E-state index contributed by atoms with van der Waals surface area (Å²) in [6, 6.07) is 5.77. The molecule has 0 aliphatic carbocycles. The normalized spacial score (nSPS) is 27.5. The fraction of sp³-hybridized carbons (Fsp3) is 0.533. The highest BCUT2D eigenvalue weighted by molar-refractivity contribution is 7.91. The summed E-state index contributed by atoms with van der Waals surface area (Å²) in [4.78, 5) is 13.8. The molecule has 4 rings (SSSR count). The van der Waals surface area contributed by atoms with Crippen molar-refractivity contribution in [1.29, 1.82) is 0 Å². The summed E-state index contributed by atoms with van der Waals surface area (Å²) in [5.74, 6) is 0.888. The maximum absolute atomic E-state index is 11.6. The van der Waals surface area contributed by atoms with Crippen molar-refractivity contribution in [2.45, 2.75) is 6.54 Å². The maximum Gasteiger partial charge on any atom is 0.419 e. The van der Waals surface area contributed by atoms with Crippen LogP contribution < -0.4 is 5.76 Å². The molecule has 3 heterocycles. The number of likely N-dealkylation sites (tertiary alicyclic amines) is 1. The number of rotatable bonds is 2. The van der Waals surface area contributed by atoms with E-state index in [1.54, 1.807) is 7.05 Å². The number of fused-ring (bicyclic) bond motifs is 2. The second-order valence-corrected chi connectivity index (χ2v) is 8.67. The van der Waals surface area contributed by atoms with Gasteiger partial charge in [-0.15, -0.1) is 0 Å². The van der Waals surface area contributed by atoms with E-state index in [9.17, 15) is 13.2 Å². The first-order chi connectivity index (χ1) is 10.4. The van der Waals surface area contributed by atoms with E-state index in [2.05, 4.69) is 4.90 Å². The minimum atomic E-state index is -2.81. The Morgan fingerprint density at radius 3 is 2.59 bits per heavy atom. The van der Waals surface area contributed by atoms with Crippen LogP contribution in [0.1, 0.15) is 5.56 Å². The lowest BCUT2D eigenvalue weighted by atomic mass is 10.0. The summed E-state index contributed by atoms with van der Waals surface area (Å²) >= 11 is 0. The van der Waals surface area contributed by atoms with Crippen LogP contribution in [0.4, 0.5) is 0 Å². The van der Waals surface area contributed by atoms with Crippen molar-refractivity contribution in [2.24, 2.45) is 18.9 Å². The Morgan fingerprint density at radius 1 is 1.23 bits per heavy atom. The van der Waals surface area contributed by atoms with Gasteiger partial charge in [-0.1, -0.05) is 6.07 Å². The predicted molar refractivity (Wildman–Crippen MR) is 82.4 cm³/mol. The van der Waals surface area contributed by atoms with Gasteiger partial charge in [-0.05, 0) is 29.5 Å². The van der Waals surface area contributed by atoms with E-state index in [0.717, 1.165) is 30.7 Å². The monoisotopic (exact) mass is 322 g/mol. The van der Waals surface area contributed by atoms with Gasteiger partial charge in [0.05, 0.1) is 17.0 Å². The Balaban J connectivity index is 1.53. The molecule has 1 aromatic heterocycles. The standard InChI is InChI=1S/C15H18N2O4S/c1-16-13-4-10(2-3-14(13)21-15(16)18)5-17-6-11-8-22(19,20)9-12(11)7-17/h2-4,11-12H,5-9H2,1H3/t11-,12+. The van der Waals surface area contributed by atoms with E-state index in [1.165, 1.54) is 4.57 Å². The van der Waals surface area contributed by atoms with E-state index in [-0.39, 0.29) is 17.6 Å². The average Bonchev–Trinajstić information content (AvgIpc) is 3.00. The molecule has 1 aromatic carbocycles. The fourth-order valence-electron chi connectivity index (χ4n) is 3.79. The SMILES string of the molecule is Cn1c(=O)oc2ccc(CN3C[C@@H]4CS(=O)(=O)C[C@@H]4C3)cc21. The van der Waals surface area contributed by atoms with Crippen molar-refractivity contribution in [1.82, 2.24) is 9.47 Å². The molecule has 0 radical (unpaired) electrons. The largest absolute Gasteiger partial charge is 0.419 e. The summed E-state index contributed by atoms with van der Waals surface area (Å²) in [5, 5.41) is 0. The second-order valence-electron chi connectivity index (χ2n) is 6.52. The molecule has 2 saturated heterocycles. The first-order valence-electron chi connectivity index (χ1n) is 7.42. The van der Waals surface area contributed by atoms with Crippen molar-refractivity contribution in [2.75, 3.05) is 24.6 Å². The zero-order valence-corrected chi connectivity index (χ0v) is 13.2. The zero-order valence-electron chi connectivity index (χ0n) is 12.4. The molecule has 7 heteroatoms. The van der Waals surface area contributed by atoms with Crippen molar-refractivity contribution in [3.05, 3.63) is 34.3 Å². The number of oxazole rings is 1. The van der Waals surface area contributed by atoms with E-state index < -0.39 is 9.84 Å². The van der Waals surface area contributed by atoms with Gasteiger partial charge in [0, 0.05) is 26.7 Å². The summed E-state index contributed by atoms with van der Waals surface area (Å²) in [5.41, 5.74) is 2.51. The van der Waals surface area contributed by atoms with Crippen molar-refractivity contribution in [3.8, 4) is 0 Å².